The molecule has 4 nitrogen and oxygen atoms in total. The summed E-state index contributed by atoms with van der Waals surface area (Å²) in [5.41, 5.74) is 7.94. The molecule has 3 N–H and O–H groups in total. The first kappa shape index (κ1) is 13.3. The molecule has 0 fully saturated rings. The number of benzene rings is 1. The van der Waals surface area contributed by atoms with E-state index in [2.05, 4.69) is 41.3 Å². The van der Waals surface area contributed by atoms with E-state index in [-0.39, 0.29) is 0 Å². The van der Waals surface area contributed by atoms with E-state index in [1.54, 1.807) is 6.20 Å². The van der Waals surface area contributed by atoms with Crippen LogP contribution in [0.3, 0.4) is 0 Å². The van der Waals surface area contributed by atoms with Crippen molar-refractivity contribution >= 4 is 16.9 Å². The van der Waals surface area contributed by atoms with Gasteiger partial charge in [-0.1, -0.05) is 31.2 Å². The van der Waals surface area contributed by atoms with Crippen LogP contribution in [0.4, 0.5) is 0 Å². The number of para-hydroxylation sites is 1. The summed E-state index contributed by atoms with van der Waals surface area (Å²) in [6, 6.07) is 10.4. The van der Waals surface area contributed by atoms with Crippen LogP contribution in [-0.4, -0.2) is 17.0 Å². The van der Waals surface area contributed by atoms with Crippen molar-refractivity contribution in [2.24, 2.45) is 10.7 Å². The molecule has 0 aliphatic heterocycles. The predicted molar refractivity (Wildman–Crippen MR) is 80.0 cm³/mol. The fraction of sp³-hybridized carbons (Fsp3) is 0.333. The van der Waals surface area contributed by atoms with Crippen LogP contribution in [0, 0.1) is 0 Å². The molecule has 0 saturated carbocycles. The molecule has 0 aliphatic carbocycles. The standard InChI is InChI=1S/C15H20N4/c1-3-11(2)19-15(16)18-10-13-7-4-6-12-8-5-9-17-14(12)13/h4-9,11H,3,10H2,1-2H3,(H3,16,18,19). The Bertz CT molecular complexity index is 572. The molecule has 2 rings (SSSR count). The summed E-state index contributed by atoms with van der Waals surface area (Å²) in [7, 11) is 0. The molecular formula is C15H20N4. The lowest BCUT2D eigenvalue weighted by Crippen LogP contribution is -2.38. The van der Waals surface area contributed by atoms with Crippen LogP contribution in [-0.2, 0) is 6.54 Å². The van der Waals surface area contributed by atoms with Gasteiger partial charge in [-0.2, -0.15) is 0 Å². The van der Waals surface area contributed by atoms with Gasteiger partial charge in [0.1, 0.15) is 0 Å². The maximum atomic E-state index is 5.86. The summed E-state index contributed by atoms with van der Waals surface area (Å²) in [5, 5.41) is 4.28. The number of nitrogens with two attached hydrogens (primary N) is 1. The summed E-state index contributed by atoms with van der Waals surface area (Å²) < 4.78 is 0. The Balaban J connectivity index is 2.15. The Morgan fingerprint density at radius 3 is 2.95 bits per heavy atom. The third-order valence-corrected chi connectivity index (χ3v) is 3.14. The van der Waals surface area contributed by atoms with E-state index in [0.717, 1.165) is 22.9 Å². The van der Waals surface area contributed by atoms with E-state index in [1.165, 1.54) is 0 Å². The Morgan fingerprint density at radius 1 is 1.37 bits per heavy atom. The Morgan fingerprint density at radius 2 is 2.16 bits per heavy atom. The number of aromatic nitrogens is 1. The van der Waals surface area contributed by atoms with Crippen molar-refractivity contribution in [2.45, 2.75) is 32.9 Å². The minimum Gasteiger partial charge on any atom is -0.370 e. The normalized spacial score (nSPS) is 13.5. The van der Waals surface area contributed by atoms with Crippen molar-refractivity contribution in [3.8, 4) is 0 Å². The van der Waals surface area contributed by atoms with Crippen molar-refractivity contribution in [1.82, 2.24) is 10.3 Å². The van der Waals surface area contributed by atoms with Gasteiger partial charge in [0.05, 0.1) is 12.1 Å². The van der Waals surface area contributed by atoms with Crippen LogP contribution < -0.4 is 11.1 Å². The molecule has 1 atom stereocenters. The third-order valence-electron chi connectivity index (χ3n) is 3.14. The fourth-order valence-corrected chi connectivity index (χ4v) is 1.87. The average molecular weight is 256 g/mol. The summed E-state index contributed by atoms with van der Waals surface area (Å²) in [5.74, 6) is 0.488. The number of guanidine groups is 1. The molecule has 1 heterocycles. The SMILES string of the molecule is CCC(C)NC(N)=NCc1cccc2cccnc12. The van der Waals surface area contributed by atoms with Gasteiger partial charge in [0.25, 0.3) is 0 Å². The van der Waals surface area contributed by atoms with Crippen LogP contribution >= 0.6 is 0 Å². The van der Waals surface area contributed by atoms with E-state index < -0.39 is 0 Å². The van der Waals surface area contributed by atoms with Crippen LogP contribution in [0.5, 0.6) is 0 Å². The summed E-state index contributed by atoms with van der Waals surface area (Å²) in [6.07, 6.45) is 2.82. The van der Waals surface area contributed by atoms with Gasteiger partial charge in [-0.15, -0.1) is 0 Å². The van der Waals surface area contributed by atoms with E-state index in [0.29, 0.717) is 18.5 Å². The predicted octanol–water partition coefficient (Wildman–Crippen LogP) is 2.44. The van der Waals surface area contributed by atoms with Gasteiger partial charge in [-0.05, 0) is 25.0 Å². The number of fused-ring (bicyclic) bond motifs is 1. The molecule has 1 aromatic heterocycles. The van der Waals surface area contributed by atoms with E-state index in [4.69, 9.17) is 5.73 Å². The molecule has 0 bridgehead atoms. The van der Waals surface area contributed by atoms with Crippen molar-refractivity contribution in [3.05, 3.63) is 42.1 Å². The third kappa shape index (κ3) is 3.44. The molecule has 0 saturated heterocycles. The van der Waals surface area contributed by atoms with Crippen molar-refractivity contribution in [2.75, 3.05) is 0 Å². The molecule has 4 heteroatoms. The smallest absolute Gasteiger partial charge is 0.189 e. The molecule has 19 heavy (non-hydrogen) atoms. The summed E-state index contributed by atoms with van der Waals surface area (Å²) >= 11 is 0. The van der Waals surface area contributed by atoms with E-state index in [9.17, 15) is 0 Å². The van der Waals surface area contributed by atoms with Crippen LogP contribution in [0.2, 0.25) is 0 Å². The number of hydrogen-bond acceptors (Lipinski definition) is 2. The van der Waals surface area contributed by atoms with Gasteiger partial charge in [-0.25, -0.2) is 4.99 Å². The molecule has 0 amide bonds. The van der Waals surface area contributed by atoms with Crippen LogP contribution in [0.1, 0.15) is 25.8 Å². The molecule has 2 aromatic rings. The number of nitrogens with zero attached hydrogens (tertiary/aromatic N) is 2. The van der Waals surface area contributed by atoms with Gasteiger partial charge >= 0.3 is 0 Å². The molecule has 0 radical (unpaired) electrons. The minimum atomic E-state index is 0.342. The lowest BCUT2D eigenvalue weighted by molar-refractivity contribution is 0.636. The first-order valence-corrected chi connectivity index (χ1v) is 6.59. The highest BCUT2D eigenvalue weighted by atomic mass is 15.1. The number of aliphatic imine (C=N–C) groups is 1. The second kappa shape index (κ2) is 6.18. The lowest BCUT2D eigenvalue weighted by Gasteiger charge is -2.11. The number of nitrogens with one attached hydrogen (secondary N) is 1. The maximum absolute atomic E-state index is 5.86. The van der Waals surface area contributed by atoms with E-state index >= 15 is 0 Å². The van der Waals surface area contributed by atoms with Crippen LogP contribution in [0.25, 0.3) is 10.9 Å². The molecule has 100 valence electrons. The highest BCUT2D eigenvalue weighted by Crippen LogP contribution is 2.16. The van der Waals surface area contributed by atoms with Gasteiger partial charge < -0.3 is 11.1 Å². The lowest BCUT2D eigenvalue weighted by atomic mass is 10.1. The average Bonchev–Trinajstić information content (AvgIpc) is 2.44. The molecule has 1 aromatic carbocycles. The zero-order chi connectivity index (χ0) is 13.7. The van der Waals surface area contributed by atoms with Gasteiger partial charge in [-0.3, -0.25) is 4.98 Å². The Labute approximate surface area is 113 Å². The largest absolute Gasteiger partial charge is 0.370 e. The zero-order valence-corrected chi connectivity index (χ0v) is 11.4. The molecular weight excluding hydrogens is 236 g/mol. The minimum absolute atomic E-state index is 0.342. The number of hydrogen-bond donors (Lipinski definition) is 2. The first-order chi connectivity index (χ1) is 9.20. The highest BCUT2D eigenvalue weighted by molar-refractivity contribution is 5.82. The van der Waals surface area contributed by atoms with Crippen LogP contribution in [0.15, 0.2) is 41.5 Å². The highest BCUT2D eigenvalue weighted by Gasteiger charge is 2.02. The summed E-state index contributed by atoms with van der Waals surface area (Å²) in [4.78, 5) is 8.78. The Kier molecular flexibility index (Phi) is 4.34. The zero-order valence-electron chi connectivity index (χ0n) is 11.4. The quantitative estimate of drug-likeness (QED) is 0.652. The van der Waals surface area contributed by atoms with Gasteiger partial charge in [0, 0.05) is 17.6 Å². The first-order valence-electron chi connectivity index (χ1n) is 6.59. The van der Waals surface area contributed by atoms with Gasteiger partial charge in [0.15, 0.2) is 5.96 Å². The molecule has 0 aliphatic rings. The molecule has 1 unspecified atom stereocenters. The van der Waals surface area contributed by atoms with E-state index in [1.807, 2.05) is 18.2 Å². The van der Waals surface area contributed by atoms with Gasteiger partial charge in [0.2, 0.25) is 0 Å². The maximum Gasteiger partial charge on any atom is 0.189 e. The monoisotopic (exact) mass is 256 g/mol. The number of pyridine rings is 1. The van der Waals surface area contributed by atoms with Crippen molar-refractivity contribution in [1.29, 1.82) is 0 Å². The number of rotatable bonds is 4. The molecule has 0 spiro atoms. The fourth-order valence-electron chi connectivity index (χ4n) is 1.87. The summed E-state index contributed by atoms with van der Waals surface area (Å²) in [6.45, 7) is 4.74. The Hall–Kier alpha value is -2.10. The second-order valence-corrected chi connectivity index (χ2v) is 4.65. The van der Waals surface area contributed by atoms with Crippen molar-refractivity contribution in [3.63, 3.8) is 0 Å². The topological polar surface area (TPSA) is 63.3 Å². The van der Waals surface area contributed by atoms with Crippen molar-refractivity contribution < 1.29 is 0 Å². The second-order valence-electron chi connectivity index (χ2n) is 4.65.